The monoisotopic (exact) mass is 301 g/mol. The minimum Gasteiger partial charge on any atom is -0.309 e. The molecule has 3 rings (SSSR count). The van der Waals surface area contributed by atoms with Crippen LogP contribution >= 0.6 is 0 Å². The van der Waals surface area contributed by atoms with Gasteiger partial charge in [-0.15, -0.1) is 0 Å². The van der Waals surface area contributed by atoms with Gasteiger partial charge in [-0.3, -0.25) is 14.6 Å². The van der Waals surface area contributed by atoms with Crippen LogP contribution in [0, 0.1) is 0 Å². The van der Waals surface area contributed by atoms with Gasteiger partial charge in [0.05, 0.1) is 0 Å². The maximum absolute atomic E-state index is 12.0. The second-order valence-electron chi connectivity index (χ2n) is 6.04. The van der Waals surface area contributed by atoms with Gasteiger partial charge in [-0.25, -0.2) is 0 Å². The topological polar surface area (TPSA) is 75.6 Å². The van der Waals surface area contributed by atoms with E-state index in [2.05, 4.69) is 20.6 Å². The summed E-state index contributed by atoms with van der Waals surface area (Å²) in [4.78, 5) is 12.0. The third kappa shape index (κ3) is 3.55. The summed E-state index contributed by atoms with van der Waals surface area (Å²) in [5.74, 6) is 1.19. The molecule has 6 nitrogen and oxygen atoms in total. The fraction of sp³-hybridized carbons (Fsp3) is 0.562. The summed E-state index contributed by atoms with van der Waals surface area (Å²) in [5, 5.41) is 14.3. The summed E-state index contributed by atoms with van der Waals surface area (Å²) in [6, 6.07) is 3.92. The van der Waals surface area contributed by atoms with Gasteiger partial charge in [0.2, 0.25) is 5.91 Å². The van der Waals surface area contributed by atoms with E-state index in [0.717, 1.165) is 11.4 Å². The lowest BCUT2D eigenvalue weighted by Crippen LogP contribution is -2.13. The van der Waals surface area contributed by atoms with Crippen molar-refractivity contribution >= 4 is 11.7 Å². The van der Waals surface area contributed by atoms with Crippen molar-refractivity contribution in [3.05, 3.63) is 29.7 Å². The second kappa shape index (κ2) is 6.77. The number of aromatic amines is 1. The van der Waals surface area contributed by atoms with E-state index >= 15 is 0 Å². The number of amides is 1. The Morgan fingerprint density at radius 2 is 2.23 bits per heavy atom. The molecule has 0 atom stereocenters. The Morgan fingerprint density at radius 3 is 2.95 bits per heavy atom. The third-order valence-electron chi connectivity index (χ3n) is 4.44. The van der Waals surface area contributed by atoms with Crippen molar-refractivity contribution in [3.63, 3.8) is 0 Å². The van der Waals surface area contributed by atoms with Crippen LogP contribution in [0.3, 0.4) is 0 Å². The van der Waals surface area contributed by atoms with E-state index in [-0.39, 0.29) is 5.91 Å². The Morgan fingerprint density at radius 1 is 1.41 bits per heavy atom. The summed E-state index contributed by atoms with van der Waals surface area (Å²) in [7, 11) is 1.89. The van der Waals surface area contributed by atoms with E-state index in [9.17, 15) is 4.79 Å². The number of nitrogens with one attached hydrogen (secondary N) is 2. The molecule has 0 unspecified atom stereocenters. The number of nitrogens with zero attached hydrogens (tertiary/aromatic N) is 3. The first-order chi connectivity index (χ1) is 10.7. The second-order valence-corrected chi connectivity index (χ2v) is 6.04. The van der Waals surface area contributed by atoms with E-state index in [1.165, 1.54) is 32.1 Å². The fourth-order valence-corrected chi connectivity index (χ4v) is 3.12. The molecule has 2 N–H and O–H groups in total. The molecule has 22 heavy (non-hydrogen) atoms. The molecule has 2 heterocycles. The lowest BCUT2D eigenvalue weighted by Gasteiger charge is -2.19. The molecule has 6 heteroatoms. The predicted octanol–water partition coefficient (Wildman–Crippen LogP) is 2.76. The SMILES string of the molecule is Cn1nccc1CCC(=O)Nc1cc(C2CCCCC2)[nH]n1. The van der Waals surface area contributed by atoms with Crippen LogP contribution in [0.25, 0.3) is 0 Å². The molecule has 1 fully saturated rings. The molecule has 0 spiro atoms. The van der Waals surface area contributed by atoms with Crippen molar-refractivity contribution in [3.8, 4) is 0 Å². The number of rotatable bonds is 5. The predicted molar refractivity (Wildman–Crippen MR) is 84.6 cm³/mol. The Balaban J connectivity index is 1.51. The van der Waals surface area contributed by atoms with E-state index in [1.807, 2.05) is 19.2 Å². The summed E-state index contributed by atoms with van der Waals surface area (Å²) in [6.45, 7) is 0. The van der Waals surface area contributed by atoms with Gasteiger partial charge < -0.3 is 5.32 Å². The van der Waals surface area contributed by atoms with Gasteiger partial charge in [-0.2, -0.15) is 10.2 Å². The molecule has 1 aliphatic rings. The lowest BCUT2D eigenvalue weighted by molar-refractivity contribution is -0.116. The standard InChI is InChI=1S/C16H23N5O/c1-21-13(9-10-17-21)7-8-16(22)18-15-11-14(19-20-15)12-5-3-2-4-6-12/h9-12H,2-8H2,1H3,(H2,18,19,20,22). The van der Waals surface area contributed by atoms with Gasteiger partial charge in [0.25, 0.3) is 0 Å². The number of aryl methyl sites for hydroxylation is 2. The van der Waals surface area contributed by atoms with Gasteiger partial charge in [0, 0.05) is 43.0 Å². The van der Waals surface area contributed by atoms with Gasteiger partial charge in [0.1, 0.15) is 0 Å². The Bertz CT molecular complexity index is 624. The summed E-state index contributed by atoms with van der Waals surface area (Å²) in [6.07, 6.45) is 9.21. The Kier molecular flexibility index (Phi) is 4.56. The van der Waals surface area contributed by atoms with Crippen molar-refractivity contribution in [2.24, 2.45) is 7.05 Å². The molecule has 2 aromatic heterocycles. The summed E-state index contributed by atoms with van der Waals surface area (Å²) in [5.41, 5.74) is 2.21. The van der Waals surface area contributed by atoms with E-state index in [0.29, 0.717) is 24.6 Å². The molecular weight excluding hydrogens is 278 g/mol. The maximum Gasteiger partial charge on any atom is 0.225 e. The zero-order chi connectivity index (χ0) is 15.4. The highest BCUT2D eigenvalue weighted by atomic mass is 16.1. The van der Waals surface area contributed by atoms with Crippen LogP contribution in [0.2, 0.25) is 0 Å². The van der Waals surface area contributed by atoms with Crippen LogP contribution in [0.15, 0.2) is 18.3 Å². The molecule has 1 amide bonds. The maximum atomic E-state index is 12.0. The number of anilines is 1. The van der Waals surface area contributed by atoms with Crippen molar-refractivity contribution in [1.29, 1.82) is 0 Å². The van der Waals surface area contributed by atoms with Crippen LogP contribution in [0.5, 0.6) is 0 Å². The lowest BCUT2D eigenvalue weighted by atomic mass is 9.87. The minimum atomic E-state index is -0.0112. The number of hydrogen-bond donors (Lipinski definition) is 2. The molecule has 0 aliphatic heterocycles. The Hall–Kier alpha value is -2.11. The van der Waals surface area contributed by atoms with Gasteiger partial charge in [-0.1, -0.05) is 19.3 Å². The highest BCUT2D eigenvalue weighted by molar-refractivity contribution is 5.89. The molecule has 1 aliphatic carbocycles. The first-order valence-corrected chi connectivity index (χ1v) is 8.04. The highest BCUT2D eigenvalue weighted by Gasteiger charge is 2.18. The van der Waals surface area contributed by atoms with Gasteiger partial charge in [0.15, 0.2) is 5.82 Å². The normalized spacial score (nSPS) is 15.9. The van der Waals surface area contributed by atoms with Crippen LogP contribution in [-0.4, -0.2) is 25.9 Å². The quantitative estimate of drug-likeness (QED) is 0.891. The zero-order valence-electron chi connectivity index (χ0n) is 13.0. The highest BCUT2D eigenvalue weighted by Crippen LogP contribution is 2.32. The molecule has 0 bridgehead atoms. The first-order valence-electron chi connectivity index (χ1n) is 8.04. The zero-order valence-corrected chi connectivity index (χ0v) is 13.0. The van der Waals surface area contributed by atoms with Crippen LogP contribution < -0.4 is 5.32 Å². The molecule has 118 valence electrons. The Labute approximate surface area is 130 Å². The van der Waals surface area contributed by atoms with Crippen molar-refractivity contribution in [1.82, 2.24) is 20.0 Å². The number of hydrogen-bond acceptors (Lipinski definition) is 3. The van der Waals surface area contributed by atoms with Gasteiger partial charge in [-0.05, 0) is 25.3 Å². The molecule has 2 aromatic rings. The number of carbonyl (C=O) groups excluding carboxylic acids is 1. The number of H-pyrrole nitrogens is 1. The fourth-order valence-electron chi connectivity index (χ4n) is 3.12. The van der Waals surface area contributed by atoms with E-state index < -0.39 is 0 Å². The molecule has 1 saturated carbocycles. The number of carbonyl (C=O) groups is 1. The smallest absolute Gasteiger partial charge is 0.225 e. The van der Waals surface area contributed by atoms with Crippen LogP contribution in [-0.2, 0) is 18.3 Å². The average Bonchev–Trinajstić information content (AvgIpc) is 3.15. The third-order valence-corrected chi connectivity index (χ3v) is 4.44. The molecule has 0 saturated heterocycles. The van der Waals surface area contributed by atoms with Crippen molar-refractivity contribution < 1.29 is 4.79 Å². The largest absolute Gasteiger partial charge is 0.309 e. The first kappa shape index (κ1) is 14.8. The molecular formula is C16H23N5O. The molecule has 0 aromatic carbocycles. The van der Waals surface area contributed by atoms with Crippen LogP contribution in [0.1, 0.15) is 55.8 Å². The average molecular weight is 301 g/mol. The van der Waals surface area contributed by atoms with Crippen molar-refractivity contribution in [2.75, 3.05) is 5.32 Å². The minimum absolute atomic E-state index is 0.0112. The van der Waals surface area contributed by atoms with E-state index in [1.54, 1.807) is 10.9 Å². The van der Waals surface area contributed by atoms with Crippen molar-refractivity contribution in [2.45, 2.75) is 50.9 Å². The van der Waals surface area contributed by atoms with E-state index in [4.69, 9.17) is 0 Å². The number of aromatic nitrogens is 4. The molecule has 0 radical (unpaired) electrons. The van der Waals surface area contributed by atoms with Gasteiger partial charge >= 0.3 is 0 Å². The summed E-state index contributed by atoms with van der Waals surface area (Å²) < 4.78 is 1.79. The summed E-state index contributed by atoms with van der Waals surface area (Å²) >= 11 is 0. The van der Waals surface area contributed by atoms with Crippen LogP contribution in [0.4, 0.5) is 5.82 Å².